The summed E-state index contributed by atoms with van der Waals surface area (Å²) in [5, 5.41) is 0. The Morgan fingerprint density at radius 1 is 1.35 bits per heavy atom. The van der Waals surface area contributed by atoms with E-state index in [0.717, 1.165) is 18.6 Å². The van der Waals surface area contributed by atoms with Crippen molar-refractivity contribution in [3.8, 4) is 0 Å². The van der Waals surface area contributed by atoms with E-state index in [9.17, 15) is 0 Å². The summed E-state index contributed by atoms with van der Waals surface area (Å²) in [5.74, 6) is 1.09. The molecule has 0 spiro atoms. The molecule has 2 rings (SSSR count). The minimum atomic E-state index is -0.166. The average Bonchev–Trinajstić information content (AvgIpc) is 2.71. The van der Waals surface area contributed by atoms with E-state index in [4.69, 9.17) is 10.3 Å². The van der Waals surface area contributed by atoms with Crippen molar-refractivity contribution in [2.24, 2.45) is 5.64 Å². The molecule has 1 aliphatic rings. The Bertz CT molecular complexity index is 336. The van der Waals surface area contributed by atoms with Crippen LogP contribution in [-0.2, 0) is 17.5 Å². The Labute approximate surface area is 108 Å². The first-order chi connectivity index (χ1) is 8.29. The molecule has 1 aromatic carbocycles. The van der Waals surface area contributed by atoms with Gasteiger partial charge in [0.2, 0.25) is 0 Å². The normalized spacial score (nSPS) is 14.9. The van der Waals surface area contributed by atoms with Crippen LogP contribution in [0.1, 0.15) is 30.9 Å². The fourth-order valence-electron chi connectivity index (χ4n) is 2.19. The number of fused-ring (bicyclic) bond motifs is 1. The number of hydrogen-bond donors (Lipinski definition) is 1. The van der Waals surface area contributed by atoms with Crippen LogP contribution in [0.4, 0.5) is 0 Å². The van der Waals surface area contributed by atoms with Gasteiger partial charge in [0, 0.05) is 0 Å². The van der Waals surface area contributed by atoms with Crippen molar-refractivity contribution in [2.45, 2.75) is 38.7 Å². The average molecular weight is 249 g/mol. The predicted octanol–water partition coefficient (Wildman–Crippen LogP) is 2.65. The summed E-state index contributed by atoms with van der Waals surface area (Å²) in [6.45, 7) is 2.19. The van der Waals surface area contributed by atoms with Gasteiger partial charge in [-0.25, -0.2) is 0 Å². The van der Waals surface area contributed by atoms with Crippen molar-refractivity contribution in [1.82, 2.24) is 0 Å². The van der Waals surface area contributed by atoms with Crippen LogP contribution >= 0.6 is 11.6 Å². The van der Waals surface area contributed by atoms with E-state index >= 15 is 0 Å². The lowest BCUT2D eigenvalue weighted by Gasteiger charge is -2.14. The predicted molar refractivity (Wildman–Crippen MR) is 76.0 cm³/mol. The maximum absolute atomic E-state index is 5.97. The lowest BCUT2D eigenvalue weighted by Crippen LogP contribution is -2.32. The molecule has 1 aliphatic carbocycles. The van der Waals surface area contributed by atoms with E-state index in [1.54, 1.807) is 11.6 Å². The van der Waals surface area contributed by atoms with Gasteiger partial charge in [-0.05, 0) is 36.1 Å². The summed E-state index contributed by atoms with van der Waals surface area (Å²) < 4.78 is 5.88. The molecule has 4 heteroatoms. The topological polar surface area (TPSA) is 35.2 Å². The van der Waals surface area contributed by atoms with Gasteiger partial charge in [0.1, 0.15) is 0 Å². The van der Waals surface area contributed by atoms with Crippen LogP contribution in [-0.4, -0.2) is 18.2 Å². The van der Waals surface area contributed by atoms with Crippen LogP contribution in [0.15, 0.2) is 24.3 Å². The number of rotatable bonds is 6. The van der Waals surface area contributed by atoms with Gasteiger partial charge in [0.05, 0.1) is 6.10 Å². The lowest BCUT2D eigenvalue weighted by molar-refractivity contribution is 0.222. The van der Waals surface area contributed by atoms with Crippen molar-refractivity contribution in [3.63, 3.8) is 0 Å². The van der Waals surface area contributed by atoms with E-state index in [2.05, 4.69) is 31.2 Å². The summed E-state index contributed by atoms with van der Waals surface area (Å²) in [5.41, 5.74) is 8.81. The summed E-state index contributed by atoms with van der Waals surface area (Å²) in [6.07, 6.45) is 4.56. The zero-order valence-electron chi connectivity index (χ0n) is 10.4. The first-order valence-corrected chi connectivity index (χ1v) is 7.44. The van der Waals surface area contributed by atoms with Gasteiger partial charge in [-0.1, -0.05) is 37.6 Å². The van der Waals surface area contributed by atoms with Gasteiger partial charge in [-0.15, -0.1) is 0 Å². The maximum atomic E-state index is 5.97. The fraction of sp³-hybridized carbons (Fsp3) is 0.538. The highest BCUT2D eigenvalue weighted by atomic mass is 32.2. The van der Waals surface area contributed by atoms with Gasteiger partial charge < -0.3 is 10.3 Å². The van der Waals surface area contributed by atoms with Crippen LogP contribution in [0.2, 0.25) is 0 Å². The molecule has 0 saturated carbocycles. The van der Waals surface area contributed by atoms with Crippen LogP contribution in [0.25, 0.3) is 0 Å². The Morgan fingerprint density at radius 2 is 2.00 bits per heavy atom. The Morgan fingerprint density at radius 3 is 2.59 bits per heavy atom. The largest absolute Gasteiger partial charge is 0.449 e. The monoisotopic (exact) mass is 249 g/mol. The number of nitrogens with two attached hydrogens (primary N) is 1. The second kappa shape index (κ2) is 6.48. The zero-order chi connectivity index (χ0) is 12.1. The van der Waals surface area contributed by atoms with Crippen molar-refractivity contribution >= 4 is 17.9 Å². The zero-order valence-corrected chi connectivity index (χ0v) is 11.2. The third-order valence-electron chi connectivity index (χ3n) is 3.12. The summed E-state index contributed by atoms with van der Waals surface area (Å²) >= 11 is 1.72. The molecule has 0 bridgehead atoms. The molecule has 1 aromatic rings. The van der Waals surface area contributed by atoms with Gasteiger partial charge in [0.15, 0.2) is 0 Å². The van der Waals surface area contributed by atoms with Crippen molar-refractivity contribution in [3.05, 3.63) is 35.4 Å². The van der Waals surface area contributed by atoms with Crippen LogP contribution in [0.3, 0.4) is 0 Å². The minimum Gasteiger partial charge on any atom is -0.409 e. The highest BCUT2D eigenvalue weighted by Gasteiger charge is 2.25. The highest BCUT2D eigenvalue weighted by molar-refractivity contribution is 8.24. The van der Waals surface area contributed by atoms with Crippen LogP contribution < -0.4 is 5.64 Å². The quantitative estimate of drug-likeness (QED) is 0.621. The molecule has 0 saturated heterocycles. The number of hydrogen-bond acceptors (Lipinski definition) is 3. The molecular weight excluding hydrogens is 229 g/mol. The Hall–Kier alpha value is -0.445. The molecule has 0 fully saturated rings. The molecule has 0 unspecified atom stereocenters. The van der Waals surface area contributed by atoms with Crippen molar-refractivity contribution < 1.29 is 4.65 Å². The summed E-state index contributed by atoms with van der Waals surface area (Å²) in [7, 11) is 0. The molecular formula is C13H20BNOS. The molecule has 92 valence electrons. The summed E-state index contributed by atoms with van der Waals surface area (Å²) in [4.78, 5) is 0. The smallest absolute Gasteiger partial charge is 0.409 e. The van der Waals surface area contributed by atoms with Crippen molar-refractivity contribution in [1.29, 1.82) is 0 Å². The molecule has 2 nitrogen and oxygen atoms in total. The SMILES string of the molecule is CCCCSB(N)OC1Cc2ccccc2C1. The minimum absolute atomic E-state index is 0.166. The van der Waals surface area contributed by atoms with E-state index in [1.165, 1.54) is 24.0 Å². The Kier molecular flexibility index (Phi) is 4.95. The van der Waals surface area contributed by atoms with Crippen LogP contribution in [0, 0.1) is 0 Å². The van der Waals surface area contributed by atoms with E-state index < -0.39 is 0 Å². The maximum Gasteiger partial charge on any atom is 0.449 e. The van der Waals surface area contributed by atoms with E-state index in [1.807, 2.05) is 0 Å². The molecule has 2 N–H and O–H groups in total. The fourth-order valence-corrected chi connectivity index (χ4v) is 3.11. The highest BCUT2D eigenvalue weighted by Crippen LogP contribution is 2.24. The first-order valence-electron chi connectivity index (χ1n) is 6.39. The third-order valence-corrected chi connectivity index (χ3v) is 4.08. The molecule has 17 heavy (non-hydrogen) atoms. The second-order valence-corrected chi connectivity index (χ2v) is 5.73. The van der Waals surface area contributed by atoms with Gasteiger partial charge >= 0.3 is 6.33 Å². The number of unbranched alkanes of at least 4 members (excludes halogenated alkanes) is 1. The van der Waals surface area contributed by atoms with E-state index in [-0.39, 0.29) is 12.4 Å². The molecule has 0 aromatic heterocycles. The lowest BCUT2D eigenvalue weighted by atomic mass is 10.1. The summed E-state index contributed by atoms with van der Waals surface area (Å²) in [6, 6.07) is 8.57. The molecule has 0 atom stereocenters. The molecule has 0 heterocycles. The second-order valence-electron chi connectivity index (χ2n) is 4.53. The van der Waals surface area contributed by atoms with Gasteiger partial charge in [-0.3, -0.25) is 0 Å². The van der Waals surface area contributed by atoms with Crippen LogP contribution in [0.5, 0.6) is 0 Å². The van der Waals surface area contributed by atoms with Crippen molar-refractivity contribution in [2.75, 3.05) is 5.75 Å². The Balaban J connectivity index is 1.75. The van der Waals surface area contributed by atoms with Gasteiger partial charge in [0.25, 0.3) is 0 Å². The van der Waals surface area contributed by atoms with E-state index in [0.29, 0.717) is 0 Å². The number of benzene rings is 1. The molecule has 0 radical (unpaired) electrons. The molecule has 0 amide bonds. The standard InChI is InChI=1S/C13H20BNOS/c1-2-3-8-17-14(15)16-13-9-11-6-4-5-7-12(11)10-13/h4-7,13H,2-3,8-10,15H2,1H3. The third kappa shape index (κ3) is 3.76. The molecule has 0 aliphatic heterocycles. The first kappa shape index (κ1) is 13.0. The van der Waals surface area contributed by atoms with Gasteiger partial charge in [-0.2, -0.15) is 11.6 Å².